The Labute approximate surface area is 498 Å². The van der Waals surface area contributed by atoms with Gasteiger partial charge in [-0.3, -0.25) is 0 Å². The molecule has 0 aromatic heterocycles. The molecule has 0 bridgehead atoms. The van der Waals surface area contributed by atoms with Crippen LogP contribution < -0.4 is 25.5 Å². The Balaban J connectivity index is 0.996. The fraction of sp³-hybridized carbons (Fsp3) is 0.0370. The van der Waals surface area contributed by atoms with Crippen molar-refractivity contribution in [2.45, 2.75) is 19.3 Å². The van der Waals surface area contributed by atoms with Crippen molar-refractivity contribution in [1.82, 2.24) is 0 Å². The lowest BCUT2D eigenvalue weighted by molar-refractivity contribution is 0.662. The van der Waals surface area contributed by atoms with E-state index in [0.717, 1.165) is 39.8 Å². The minimum atomic E-state index is -0.325. The van der Waals surface area contributed by atoms with Crippen LogP contribution in [0.3, 0.4) is 0 Å². The fourth-order valence-electron chi connectivity index (χ4n) is 14.0. The summed E-state index contributed by atoms with van der Waals surface area (Å²) in [5.41, 5.74) is 30.8. The van der Waals surface area contributed by atoms with Crippen LogP contribution in [0.1, 0.15) is 25.0 Å². The molecular weight excluding hydrogens is 1030 g/mol. The quantitative estimate of drug-likeness (QED) is 0.126. The summed E-state index contributed by atoms with van der Waals surface area (Å²) in [6.07, 6.45) is 0. The smallest absolute Gasteiger partial charge is 0.333 e. The Bertz CT molecular complexity index is 4580. The lowest BCUT2D eigenvalue weighted by atomic mass is 9.42. The molecule has 2 aliphatic heterocycles. The molecule has 0 amide bonds. The third-order valence-corrected chi connectivity index (χ3v) is 18.0. The van der Waals surface area contributed by atoms with Crippen LogP contribution in [0, 0.1) is 0 Å². The Kier molecular flexibility index (Phi) is 12.0. The van der Waals surface area contributed by atoms with Gasteiger partial charge in [-0.25, -0.2) is 0 Å². The van der Waals surface area contributed by atoms with Crippen LogP contribution >= 0.6 is 0 Å². The largest absolute Gasteiger partial charge is 0.376 e. The molecule has 0 saturated heterocycles. The van der Waals surface area contributed by atoms with Crippen molar-refractivity contribution in [3.8, 4) is 77.9 Å². The molecule has 85 heavy (non-hydrogen) atoms. The molecule has 0 spiro atoms. The van der Waals surface area contributed by atoms with Gasteiger partial charge in [-0.2, -0.15) is 0 Å². The van der Waals surface area contributed by atoms with E-state index in [0.29, 0.717) is 0 Å². The molecule has 4 heteroatoms. The Hall–Kier alpha value is -10.7. The third kappa shape index (κ3) is 8.43. The highest BCUT2D eigenvalue weighted by molar-refractivity contribution is 6.93. The van der Waals surface area contributed by atoms with Crippen LogP contribution in [-0.2, 0) is 5.41 Å². The zero-order valence-electron chi connectivity index (χ0n) is 47.4. The molecule has 13 aromatic carbocycles. The first-order chi connectivity index (χ1) is 41.9. The molecule has 3 aliphatic rings. The topological polar surface area (TPSA) is 9.72 Å². The van der Waals surface area contributed by atoms with E-state index in [-0.39, 0.29) is 12.3 Å². The second-order valence-corrected chi connectivity index (χ2v) is 23.2. The summed E-state index contributed by atoms with van der Waals surface area (Å²) < 4.78 is 0. The number of hydrogen-bond donors (Lipinski definition) is 0. The number of hydrogen-bond acceptors (Lipinski definition) is 3. The van der Waals surface area contributed by atoms with Crippen molar-refractivity contribution >= 4 is 63.3 Å². The monoisotopic (exact) mass is 1080 g/mol. The molecule has 0 fully saturated rings. The molecule has 0 N–H and O–H groups in total. The summed E-state index contributed by atoms with van der Waals surface area (Å²) in [4.78, 5) is 7.73. The summed E-state index contributed by atoms with van der Waals surface area (Å²) in [6.45, 7) is 4.65. The van der Waals surface area contributed by atoms with Crippen LogP contribution in [0.5, 0.6) is 0 Å². The summed E-state index contributed by atoms with van der Waals surface area (Å²) in [5, 5.41) is 0. The van der Waals surface area contributed by atoms with Crippen LogP contribution in [0.25, 0.3) is 77.9 Å². The minimum absolute atomic E-state index is 0.249. The van der Waals surface area contributed by atoms with Gasteiger partial charge in [-0.05, 0) is 167 Å². The highest BCUT2D eigenvalue weighted by atomic mass is 15.2. The van der Waals surface area contributed by atoms with Crippen molar-refractivity contribution in [3.05, 3.63) is 327 Å². The summed E-state index contributed by atoms with van der Waals surface area (Å²) in [7, 11) is 0. The van der Waals surface area contributed by atoms with Crippen molar-refractivity contribution in [1.29, 1.82) is 0 Å². The van der Waals surface area contributed by atoms with Crippen LogP contribution in [-0.4, -0.2) is 6.85 Å². The van der Waals surface area contributed by atoms with Gasteiger partial charge in [0.1, 0.15) is 0 Å². The predicted molar refractivity (Wildman–Crippen MR) is 360 cm³/mol. The normalized spacial score (nSPS) is 13.1. The lowest BCUT2D eigenvalue weighted by Crippen LogP contribution is -2.62. The van der Waals surface area contributed by atoms with Crippen LogP contribution in [0.4, 0.5) is 45.5 Å². The molecular formula is C81H58BN3. The van der Waals surface area contributed by atoms with E-state index in [9.17, 15) is 0 Å². The average Bonchev–Trinajstić information content (AvgIpc) is 1.80. The van der Waals surface area contributed by atoms with E-state index in [1.165, 1.54) is 106 Å². The van der Waals surface area contributed by atoms with Gasteiger partial charge in [-0.1, -0.05) is 257 Å². The van der Waals surface area contributed by atoms with Gasteiger partial charge in [-0.15, -0.1) is 0 Å². The molecule has 16 rings (SSSR count). The van der Waals surface area contributed by atoms with E-state index in [1.807, 2.05) is 0 Å². The van der Waals surface area contributed by atoms with Gasteiger partial charge in [0.15, 0.2) is 0 Å². The van der Waals surface area contributed by atoms with E-state index in [4.69, 9.17) is 0 Å². The second kappa shape index (κ2) is 20.3. The fourth-order valence-corrected chi connectivity index (χ4v) is 14.0. The maximum Gasteiger partial charge on any atom is 0.333 e. The number of rotatable bonds is 10. The zero-order chi connectivity index (χ0) is 56.6. The average molecular weight is 1080 g/mol. The molecule has 0 saturated carbocycles. The van der Waals surface area contributed by atoms with Gasteiger partial charge in [0.2, 0.25) is 0 Å². The molecule has 13 aromatic rings. The van der Waals surface area contributed by atoms with Gasteiger partial charge in [0.25, 0.3) is 0 Å². The summed E-state index contributed by atoms with van der Waals surface area (Å²) >= 11 is 0. The highest BCUT2D eigenvalue weighted by Crippen LogP contribution is 2.58. The van der Waals surface area contributed by atoms with Gasteiger partial charge < -0.3 is 14.6 Å². The Morgan fingerprint density at radius 2 is 0.741 bits per heavy atom. The molecule has 0 radical (unpaired) electrons. The van der Waals surface area contributed by atoms with Crippen molar-refractivity contribution in [3.63, 3.8) is 0 Å². The second-order valence-electron chi connectivity index (χ2n) is 23.2. The zero-order valence-corrected chi connectivity index (χ0v) is 47.4. The number of fused-ring (bicyclic) bond motifs is 8. The van der Waals surface area contributed by atoms with Gasteiger partial charge in [0, 0.05) is 56.5 Å². The lowest BCUT2D eigenvalue weighted by Gasteiger charge is -2.47. The number of nitrogens with zero attached hydrogens (tertiary/aromatic N) is 3. The predicted octanol–water partition coefficient (Wildman–Crippen LogP) is 20.5. The SMILES string of the molecule is CC1(C)c2ccccc2-c2cc3c4c(c21)-c1ccc(N(c2ccc(-c5ccccc5)cc2)c2ccc(-c5ccccc5)cc2)cc1N(c1cccc(-c2ccccc2)c1)B4c1ccc(-c2ccccc2)cc1N3c1cccc(-c2ccccc2)c1. The van der Waals surface area contributed by atoms with Crippen LogP contribution in [0.15, 0.2) is 315 Å². The first-order valence-electron chi connectivity index (χ1n) is 29.6. The molecule has 400 valence electrons. The highest BCUT2D eigenvalue weighted by Gasteiger charge is 2.50. The molecule has 1 aliphatic carbocycles. The maximum absolute atomic E-state index is 2.69. The van der Waals surface area contributed by atoms with Crippen molar-refractivity contribution in [2.75, 3.05) is 14.6 Å². The maximum atomic E-state index is 2.69. The standard InChI is InChI=1S/C81H58BN3/c1-81(2)73-37-19-18-36-70(73)72-54-77-80-78(79(72)81)71-48-47-68(83(65-43-38-60(39-44-65)55-22-8-3-9-23-55)66-45-40-61(41-46-66)56-24-10-4-11-25-56)53-75(71)85(69-35-21-33-63(51-69)58-28-14-6-15-29-58)82(80)74-49-42-64(59-30-16-7-17-31-59)52-76(74)84(77)67-34-20-32-62(50-67)57-26-12-5-13-27-57/h3-54H,1-2H3. The van der Waals surface area contributed by atoms with Crippen molar-refractivity contribution in [2.24, 2.45) is 0 Å². The van der Waals surface area contributed by atoms with Crippen LogP contribution in [0.2, 0.25) is 0 Å². The molecule has 0 unspecified atom stereocenters. The molecule has 2 heterocycles. The summed E-state index contributed by atoms with van der Waals surface area (Å²) in [6, 6.07) is 117. The molecule has 3 nitrogen and oxygen atoms in total. The van der Waals surface area contributed by atoms with E-state index in [2.05, 4.69) is 344 Å². The Morgan fingerprint density at radius 1 is 0.306 bits per heavy atom. The van der Waals surface area contributed by atoms with Crippen molar-refractivity contribution < 1.29 is 0 Å². The third-order valence-electron chi connectivity index (χ3n) is 18.0. The van der Waals surface area contributed by atoms with E-state index in [1.54, 1.807) is 0 Å². The molecule has 0 atom stereocenters. The first-order valence-corrected chi connectivity index (χ1v) is 29.6. The Morgan fingerprint density at radius 3 is 1.29 bits per heavy atom. The summed E-state index contributed by atoms with van der Waals surface area (Å²) in [5.74, 6) is 0. The van der Waals surface area contributed by atoms with Gasteiger partial charge >= 0.3 is 6.85 Å². The van der Waals surface area contributed by atoms with E-state index >= 15 is 0 Å². The first kappa shape index (κ1) is 50.1. The van der Waals surface area contributed by atoms with Gasteiger partial charge in [0.05, 0.1) is 0 Å². The minimum Gasteiger partial charge on any atom is -0.376 e. The number of anilines is 8. The van der Waals surface area contributed by atoms with E-state index < -0.39 is 0 Å². The number of benzene rings is 13.